The summed E-state index contributed by atoms with van der Waals surface area (Å²) in [6.45, 7) is 4.53. The minimum Gasteiger partial charge on any atom is -0.164 e. The van der Waals surface area contributed by atoms with E-state index in [1.165, 1.54) is 11.5 Å². The van der Waals surface area contributed by atoms with E-state index in [0.29, 0.717) is 0 Å². The number of thioether (sulfide) groups is 3. The lowest BCUT2D eigenvalue weighted by Gasteiger charge is -2.13. The maximum absolute atomic E-state index is 2.27. The van der Waals surface area contributed by atoms with E-state index >= 15 is 0 Å². The van der Waals surface area contributed by atoms with Crippen molar-refractivity contribution in [1.29, 1.82) is 0 Å². The minimum absolute atomic E-state index is 0.784. The van der Waals surface area contributed by atoms with Gasteiger partial charge in [-0.2, -0.15) is 35.3 Å². The van der Waals surface area contributed by atoms with Gasteiger partial charge in [0.2, 0.25) is 0 Å². The Labute approximate surface area is 83.7 Å². The molecule has 0 rings (SSSR count). The quantitative estimate of drug-likeness (QED) is 0.661. The zero-order valence-corrected chi connectivity index (χ0v) is 10.2. The van der Waals surface area contributed by atoms with Crippen LogP contribution in [0.3, 0.4) is 0 Å². The predicted octanol–water partition coefficient (Wildman–Crippen LogP) is 3.22. The first-order valence-electron chi connectivity index (χ1n) is 3.84. The van der Waals surface area contributed by atoms with Crippen LogP contribution in [0.25, 0.3) is 0 Å². The Balaban J connectivity index is 3.35. The molecule has 0 heterocycles. The van der Waals surface area contributed by atoms with Crippen molar-refractivity contribution >= 4 is 35.3 Å². The molecule has 0 spiro atoms. The normalized spacial score (nSPS) is 13.9. The monoisotopic (exact) mass is 210 g/mol. The van der Waals surface area contributed by atoms with E-state index in [1.807, 2.05) is 23.5 Å². The Morgan fingerprint density at radius 2 is 1.73 bits per heavy atom. The molecule has 0 bridgehead atoms. The molecule has 0 radical (unpaired) electrons. The van der Waals surface area contributed by atoms with E-state index in [0.717, 1.165) is 10.5 Å². The molecule has 0 aliphatic rings. The average molecular weight is 210 g/mol. The van der Waals surface area contributed by atoms with Crippen molar-refractivity contribution in [2.45, 2.75) is 24.3 Å². The maximum Gasteiger partial charge on any atom is 0.0225 e. The van der Waals surface area contributed by atoms with Crippen LogP contribution < -0.4 is 0 Å². The molecular formula is C8H18S3. The third kappa shape index (κ3) is 7.41. The van der Waals surface area contributed by atoms with Crippen LogP contribution in [0, 0.1) is 0 Å². The zero-order valence-electron chi connectivity index (χ0n) is 7.79. The first-order valence-corrected chi connectivity index (χ1v) is 7.57. The first kappa shape index (κ1) is 12.0. The Bertz CT molecular complexity index is 83.4. The summed E-state index contributed by atoms with van der Waals surface area (Å²) in [5.41, 5.74) is 0. The summed E-state index contributed by atoms with van der Waals surface area (Å²) < 4.78 is 0. The minimum atomic E-state index is 0.784. The molecule has 11 heavy (non-hydrogen) atoms. The SMILES string of the molecule is CSC[C@H](CSC(C)C)SC. The summed E-state index contributed by atoms with van der Waals surface area (Å²) in [6, 6.07) is 0. The third-order valence-electron chi connectivity index (χ3n) is 1.30. The lowest BCUT2D eigenvalue weighted by atomic mass is 10.5. The van der Waals surface area contributed by atoms with Gasteiger partial charge in [0.05, 0.1) is 0 Å². The summed E-state index contributed by atoms with van der Waals surface area (Å²) in [6.07, 6.45) is 4.39. The van der Waals surface area contributed by atoms with Crippen LogP contribution in [0.5, 0.6) is 0 Å². The molecule has 1 atom stereocenters. The van der Waals surface area contributed by atoms with Crippen LogP contribution in [-0.4, -0.2) is 34.5 Å². The molecule has 0 saturated carbocycles. The van der Waals surface area contributed by atoms with Gasteiger partial charge in [-0.1, -0.05) is 13.8 Å². The molecule has 0 unspecified atom stereocenters. The van der Waals surface area contributed by atoms with Crippen LogP contribution in [-0.2, 0) is 0 Å². The Hall–Kier alpha value is 1.05. The summed E-state index contributed by atoms with van der Waals surface area (Å²) in [5.74, 6) is 2.60. The first-order chi connectivity index (χ1) is 5.20. The van der Waals surface area contributed by atoms with Gasteiger partial charge in [-0.3, -0.25) is 0 Å². The van der Waals surface area contributed by atoms with E-state index in [1.54, 1.807) is 0 Å². The van der Waals surface area contributed by atoms with Gasteiger partial charge < -0.3 is 0 Å². The summed E-state index contributed by atoms with van der Waals surface area (Å²) >= 11 is 6.02. The topological polar surface area (TPSA) is 0 Å². The average Bonchev–Trinajstić information content (AvgIpc) is 1.97. The highest BCUT2D eigenvalue weighted by molar-refractivity contribution is 8.05. The zero-order chi connectivity index (χ0) is 8.69. The van der Waals surface area contributed by atoms with Crippen LogP contribution in [0.2, 0.25) is 0 Å². The van der Waals surface area contributed by atoms with Crippen molar-refractivity contribution in [3.63, 3.8) is 0 Å². The number of hydrogen-bond donors (Lipinski definition) is 0. The van der Waals surface area contributed by atoms with Gasteiger partial charge in [0.25, 0.3) is 0 Å². The molecule has 0 aliphatic heterocycles. The van der Waals surface area contributed by atoms with E-state index in [2.05, 4.69) is 38.1 Å². The number of hydrogen-bond acceptors (Lipinski definition) is 3. The summed E-state index contributed by atoms with van der Waals surface area (Å²) in [5, 5.41) is 1.63. The molecule has 68 valence electrons. The fourth-order valence-corrected chi connectivity index (χ4v) is 3.76. The molecule has 0 fully saturated rings. The van der Waals surface area contributed by atoms with Crippen molar-refractivity contribution < 1.29 is 0 Å². The van der Waals surface area contributed by atoms with E-state index < -0.39 is 0 Å². The van der Waals surface area contributed by atoms with Crippen molar-refractivity contribution in [1.82, 2.24) is 0 Å². The van der Waals surface area contributed by atoms with Crippen LogP contribution >= 0.6 is 35.3 Å². The van der Waals surface area contributed by atoms with Crippen LogP contribution in [0.15, 0.2) is 0 Å². The van der Waals surface area contributed by atoms with Gasteiger partial charge in [-0.05, 0) is 17.8 Å². The van der Waals surface area contributed by atoms with Crippen molar-refractivity contribution in [3.8, 4) is 0 Å². The predicted molar refractivity (Wildman–Crippen MR) is 63.3 cm³/mol. The molecule has 0 amide bonds. The van der Waals surface area contributed by atoms with E-state index in [4.69, 9.17) is 0 Å². The fourth-order valence-electron chi connectivity index (χ4n) is 0.670. The van der Waals surface area contributed by atoms with Gasteiger partial charge in [-0.15, -0.1) is 0 Å². The highest BCUT2D eigenvalue weighted by Crippen LogP contribution is 2.20. The second-order valence-electron chi connectivity index (χ2n) is 2.70. The second kappa shape index (κ2) is 7.69. The molecule has 0 aromatic rings. The standard InChI is InChI=1S/C8H18S3/c1-7(2)11-6-8(10-4)5-9-3/h7-8H,5-6H2,1-4H3/t8-/m1/s1. The second-order valence-corrected chi connectivity index (χ2v) is 6.35. The van der Waals surface area contributed by atoms with E-state index in [9.17, 15) is 0 Å². The van der Waals surface area contributed by atoms with Crippen LogP contribution in [0.4, 0.5) is 0 Å². The fraction of sp³-hybridized carbons (Fsp3) is 1.00. The smallest absolute Gasteiger partial charge is 0.0225 e. The van der Waals surface area contributed by atoms with Gasteiger partial charge in [-0.25, -0.2) is 0 Å². The highest BCUT2D eigenvalue weighted by atomic mass is 32.2. The maximum atomic E-state index is 2.27. The van der Waals surface area contributed by atoms with Gasteiger partial charge in [0, 0.05) is 16.8 Å². The Morgan fingerprint density at radius 3 is 2.09 bits per heavy atom. The molecule has 0 aromatic heterocycles. The molecule has 0 saturated heterocycles. The number of rotatable bonds is 6. The Morgan fingerprint density at radius 1 is 1.09 bits per heavy atom. The third-order valence-corrected chi connectivity index (χ3v) is 4.72. The van der Waals surface area contributed by atoms with Crippen LogP contribution in [0.1, 0.15) is 13.8 Å². The largest absolute Gasteiger partial charge is 0.164 e. The molecular weight excluding hydrogens is 192 g/mol. The molecule has 0 aromatic carbocycles. The van der Waals surface area contributed by atoms with Crippen molar-refractivity contribution in [3.05, 3.63) is 0 Å². The lowest BCUT2D eigenvalue weighted by Crippen LogP contribution is -2.10. The van der Waals surface area contributed by atoms with Crippen molar-refractivity contribution in [2.75, 3.05) is 24.0 Å². The van der Waals surface area contributed by atoms with Gasteiger partial charge in [0.15, 0.2) is 0 Å². The van der Waals surface area contributed by atoms with Gasteiger partial charge >= 0.3 is 0 Å². The molecule has 0 nitrogen and oxygen atoms in total. The molecule has 0 aliphatic carbocycles. The highest BCUT2D eigenvalue weighted by Gasteiger charge is 2.06. The molecule has 0 N–H and O–H groups in total. The van der Waals surface area contributed by atoms with Gasteiger partial charge in [0.1, 0.15) is 0 Å². The molecule has 3 heteroatoms. The lowest BCUT2D eigenvalue weighted by molar-refractivity contribution is 1.08. The summed E-state index contributed by atoms with van der Waals surface area (Å²) in [7, 11) is 0. The van der Waals surface area contributed by atoms with E-state index in [-0.39, 0.29) is 0 Å². The van der Waals surface area contributed by atoms with Crippen molar-refractivity contribution in [2.24, 2.45) is 0 Å². The summed E-state index contributed by atoms with van der Waals surface area (Å²) in [4.78, 5) is 0. The Kier molecular flexibility index (Phi) is 8.42.